The normalized spacial score (nSPS) is 22.2. The highest BCUT2D eigenvalue weighted by Gasteiger charge is 2.28. The van der Waals surface area contributed by atoms with Crippen molar-refractivity contribution in [3.63, 3.8) is 0 Å². The smallest absolute Gasteiger partial charge is 0.225 e. The van der Waals surface area contributed by atoms with Crippen LogP contribution in [-0.2, 0) is 9.53 Å². The van der Waals surface area contributed by atoms with E-state index in [1.807, 2.05) is 11.8 Å². The van der Waals surface area contributed by atoms with Crippen molar-refractivity contribution in [3.05, 3.63) is 0 Å². The van der Waals surface area contributed by atoms with Gasteiger partial charge in [0.2, 0.25) is 5.91 Å². The second kappa shape index (κ2) is 6.97. The predicted octanol–water partition coefficient (Wildman–Crippen LogP) is 1.24. The minimum atomic E-state index is -0.120. The molecule has 4 nitrogen and oxygen atoms in total. The van der Waals surface area contributed by atoms with Gasteiger partial charge in [0.25, 0.3) is 0 Å². The van der Waals surface area contributed by atoms with Gasteiger partial charge >= 0.3 is 0 Å². The molecule has 0 spiro atoms. The van der Waals surface area contributed by atoms with Crippen molar-refractivity contribution < 1.29 is 9.53 Å². The summed E-state index contributed by atoms with van der Waals surface area (Å²) >= 11 is 0. The number of hydrogen-bond acceptors (Lipinski definition) is 3. The molecule has 0 aromatic heterocycles. The number of carbonyl (C=O) groups excluding carboxylic acids is 1. The van der Waals surface area contributed by atoms with Gasteiger partial charge in [-0.25, -0.2) is 0 Å². The molecular formula is C13H26N2O2. The van der Waals surface area contributed by atoms with Gasteiger partial charge in [0.1, 0.15) is 0 Å². The van der Waals surface area contributed by atoms with Crippen molar-refractivity contribution in [2.75, 3.05) is 26.2 Å². The molecule has 0 saturated carbocycles. The summed E-state index contributed by atoms with van der Waals surface area (Å²) in [5.41, 5.74) is 5.59. The molecule has 0 radical (unpaired) electrons. The van der Waals surface area contributed by atoms with E-state index in [9.17, 15) is 4.79 Å². The van der Waals surface area contributed by atoms with Crippen LogP contribution >= 0.6 is 0 Å². The number of hydrogen-bond donors (Lipinski definition) is 1. The fourth-order valence-corrected chi connectivity index (χ4v) is 2.33. The molecule has 1 saturated heterocycles. The lowest BCUT2D eigenvalue weighted by atomic mass is 9.95. The van der Waals surface area contributed by atoms with Gasteiger partial charge in [0, 0.05) is 26.2 Å². The molecule has 1 heterocycles. The molecule has 2 N–H and O–H groups in total. The minimum absolute atomic E-state index is 0.120. The summed E-state index contributed by atoms with van der Waals surface area (Å²) < 4.78 is 5.42. The maximum Gasteiger partial charge on any atom is 0.225 e. The minimum Gasteiger partial charge on any atom is -0.377 e. The first-order valence-corrected chi connectivity index (χ1v) is 6.67. The Morgan fingerprint density at radius 2 is 2.24 bits per heavy atom. The van der Waals surface area contributed by atoms with Crippen LogP contribution in [0.1, 0.15) is 33.6 Å². The van der Waals surface area contributed by atoms with Crippen LogP contribution in [0.15, 0.2) is 0 Å². The van der Waals surface area contributed by atoms with Crippen molar-refractivity contribution in [2.24, 2.45) is 17.6 Å². The van der Waals surface area contributed by atoms with E-state index in [1.54, 1.807) is 0 Å². The first-order chi connectivity index (χ1) is 8.08. The van der Waals surface area contributed by atoms with Crippen LogP contribution < -0.4 is 5.73 Å². The van der Waals surface area contributed by atoms with Gasteiger partial charge in [0.05, 0.1) is 12.5 Å². The maximum absolute atomic E-state index is 12.0. The third kappa shape index (κ3) is 4.28. The van der Waals surface area contributed by atoms with Gasteiger partial charge in [0.15, 0.2) is 0 Å². The van der Waals surface area contributed by atoms with E-state index in [2.05, 4.69) is 13.8 Å². The highest BCUT2D eigenvalue weighted by molar-refractivity contribution is 5.77. The lowest BCUT2D eigenvalue weighted by molar-refractivity contribution is -0.133. The summed E-state index contributed by atoms with van der Waals surface area (Å²) in [5.74, 6) is 1.50. The molecule has 0 aliphatic carbocycles. The van der Waals surface area contributed by atoms with Gasteiger partial charge in [-0.15, -0.1) is 0 Å². The molecular weight excluding hydrogens is 216 g/mol. The summed E-state index contributed by atoms with van der Waals surface area (Å²) in [7, 11) is 0. The number of amides is 1. The Morgan fingerprint density at radius 3 is 2.71 bits per heavy atom. The summed E-state index contributed by atoms with van der Waals surface area (Å²) in [6.45, 7) is 9.21. The maximum atomic E-state index is 12.0. The average molecular weight is 242 g/mol. The van der Waals surface area contributed by atoms with Gasteiger partial charge < -0.3 is 15.4 Å². The average Bonchev–Trinajstić information content (AvgIpc) is 2.77. The van der Waals surface area contributed by atoms with Crippen LogP contribution in [0.25, 0.3) is 0 Å². The van der Waals surface area contributed by atoms with E-state index < -0.39 is 0 Å². The van der Waals surface area contributed by atoms with E-state index in [0.717, 1.165) is 19.5 Å². The molecule has 0 bridgehead atoms. The summed E-state index contributed by atoms with van der Waals surface area (Å²) in [6.07, 6.45) is 1.44. The second-order valence-corrected chi connectivity index (χ2v) is 5.15. The third-order valence-electron chi connectivity index (χ3n) is 3.59. The molecule has 0 aromatic rings. The number of ether oxygens (including phenoxy) is 1. The van der Waals surface area contributed by atoms with Gasteiger partial charge in [-0.05, 0) is 25.2 Å². The Morgan fingerprint density at radius 1 is 1.53 bits per heavy atom. The number of nitrogens with two attached hydrogens (primary N) is 1. The highest BCUT2D eigenvalue weighted by atomic mass is 16.5. The summed E-state index contributed by atoms with van der Waals surface area (Å²) in [5, 5.41) is 0. The third-order valence-corrected chi connectivity index (χ3v) is 3.59. The molecule has 1 fully saturated rings. The largest absolute Gasteiger partial charge is 0.377 e. The van der Waals surface area contributed by atoms with Gasteiger partial charge in [-0.2, -0.15) is 0 Å². The Bertz CT molecular complexity index is 244. The number of carbonyl (C=O) groups is 1. The first kappa shape index (κ1) is 14.5. The Balaban J connectivity index is 2.38. The molecule has 2 unspecified atom stereocenters. The monoisotopic (exact) mass is 242 g/mol. The molecule has 1 aliphatic heterocycles. The lowest BCUT2D eigenvalue weighted by Gasteiger charge is -2.21. The first-order valence-electron chi connectivity index (χ1n) is 6.67. The number of likely N-dealkylation sites (tertiary alicyclic amines) is 1. The molecule has 2 atom stereocenters. The highest BCUT2D eigenvalue weighted by Crippen LogP contribution is 2.24. The Labute approximate surface area is 104 Å². The fraction of sp³-hybridized carbons (Fsp3) is 0.923. The number of rotatable bonds is 6. The van der Waals surface area contributed by atoms with Crippen molar-refractivity contribution in [2.45, 2.75) is 39.7 Å². The zero-order valence-electron chi connectivity index (χ0n) is 11.3. The van der Waals surface area contributed by atoms with E-state index in [0.29, 0.717) is 31.4 Å². The van der Waals surface area contributed by atoms with E-state index in [4.69, 9.17) is 10.5 Å². The fourth-order valence-electron chi connectivity index (χ4n) is 2.33. The second-order valence-electron chi connectivity index (χ2n) is 5.15. The van der Waals surface area contributed by atoms with Gasteiger partial charge in [-0.3, -0.25) is 4.79 Å². The zero-order valence-corrected chi connectivity index (χ0v) is 11.3. The Kier molecular flexibility index (Phi) is 5.92. The summed E-state index contributed by atoms with van der Waals surface area (Å²) in [6, 6.07) is 0. The van der Waals surface area contributed by atoms with Crippen LogP contribution in [0, 0.1) is 11.8 Å². The van der Waals surface area contributed by atoms with E-state index >= 15 is 0 Å². The molecule has 4 heteroatoms. The number of nitrogens with zero attached hydrogens (tertiary/aromatic N) is 1. The molecule has 1 aliphatic rings. The van der Waals surface area contributed by atoms with Crippen LogP contribution in [0.3, 0.4) is 0 Å². The van der Waals surface area contributed by atoms with Gasteiger partial charge in [-0.1, -0.05) is 13.8 Å². The zero-order chi connectivity index (χ0) is 12.8. The standard InChI is InChI=1S/C13H26N2O2/c1-4-17-12(8-14)7-13(16)15-6-5-11(9-15)10(2)3/h10-12H,4-9,14H2,1-3H3. The summed E-state index contributed by atoms with van der Waals surface area (Å²) in [4.78, 5) is 14.0. The molecule has 0 aromatic carbocycles. The van der Waals surface area contributed by atoms with Crippen molar-refractivity contribution in [1.29, 1.82) is 0 Å². The van der Waals surface area contributed by atoms with Crippen LogP contribution in [-0.4, -0.2) is 43.2 Å². The van der Waals surface area contributed by atoms with E-state index in [1.165, 1.54) is 0 Å². The lowest BCUT2D eigenvalue weighted by Crippen LogP contribution is -2.35. The molecule has 1 amide bonds. The van der Waals surface area contributed by atoms with Crippen LogP contribution in [0.2, 0.25) is 0 Å². The quantitative estimate of drug-likeness (QED) is 0.762. The molecule has 1 rings (SSSR count). The Hall–Kier alpha value is -0.610. The molecule has 100 valence electrons. The topological polar surface area (TPSA) is 55.6 Å². The van der Waals surface area contributed by atoms with Crippen LogP contribution in [0.4, 0.5) is 0 Å². The molecule has 17 heavy (non-hydrogen) atoms. The van der Waals surface area contributed by atoms with Crippen molar-refractivity contribution in [3.8, 4) is 0 Å². The van der Waals surface area contributed by atoms with E-state index in [-0.39, 0.29) is 12.0 Å². The predicted molar refractivity (Wildman–Crippen MR) is 68.6 cm³/mol. The SMILES string of the molecule is CCOC(CN)CC(=O)N1CCC(C(C)C)C1. The van der Waals surface area contributed by atoms with Crippen molar-refractivity contribution in [1.82, 2.24) is 4.90 Å². The van der Waals surface area contributed by atoms with Crippen molar-refractivity contribution >= 4 is 5.91 Å². The van der Waals surface area contributed by atoms with Crippen LogP contribution in [0.5, 0.6) is 0 Å².